The summed E-state index contributed by atoms with van der Waals surface area (Å²) in [6.07, 6.45) is 6.63. The summed E-state index contributed by atoms with van der Waals surface area (Å²) in [5.74, 6) is -0.143. The maximum Gasteiger partial charge on any atom is 0.293 e. The zero-order valence-electron chi connectivity index (χ0n) is 28.0. The van der Waals surface area contributed by atoms with E-state index in [0.717, 1.165) is 44.7 Å². The molecule has 1 saturated carbocycles. The number of amides is 1. The number of ether oxygens (including phenoxy) is 2. The van der Waals surface area contributed by atoms with E-state index in [1.165, 1.54) is 13.3 Å². The predicted molar refractivity (Wildman–Crippen MR) is 175 cm³/mol. The zero-order chi connectivity index (χ0) is 33.9. The second-order valence-corrected chi connectivity index (χ2v) is 12.8. The van der Waals surface area contributed by atoms with E-state index in [9.17, 15) is 24.9 Å². The Labute approximate surface area is 269 Å². The van der Waals surface area contributed by atoms with Crippen molar-refractivity contribution in [2.75, 3.05) is 20.3 Å². The van der Waals surface area contributed by atoms with Crippen LogP contribution in [0.1, 0.15) is 86.0 Å². The second-order valence-electron chi connectivity index (χ2n) is 12.8. The van der Waals surface area contributed by atoms with Gasteiger partial charge < -0.3 is 46.1 Å². The van der Waals surface area contributed by atoms with E-state index in [-0.39, 0.29) is 37.5 Å². The molecule has 0 saturated heterocycles. The molecule has 0 aliphatic heterocycles. The van der Waals surface area contributed by atoms with Crippen molar-refractivity contribution < 1.29 is 39.2 Å². The average molecular weight is 639 g/mol. The number of rotatable bonds is 22. The molecular weight excluding hydrogens is 580 g/mol. The minimum Gasteiger partial charge on any atom is -0.464 e. The van der Waals surface area contributed by atoms with Gasteiger partial charge in [-0.25, -0.2) is 0 Å². The topological polar surface area (TPSA) is 197 Å². The minimum absolute atomic E-state index is 0.0868. The lowest BCUT2D eigenvalue weighted by Crippen LogP contribution is -2.41. The van der Waals surface area contributed by atoms with Crippen LogP contribution in [0.25, 0.3) is 0 Å². The maximum absolute atomic E-state index is 12.2. The Bertz CT molecular complexity index is 978. The number of aliphatic hydroxyl groups is 3. The van der Waals surface area contributed by atoms with Crippen molar-refractivity contribution in [3.63, 3.8) is 0 Å². The molecule has 1 aliphatic rings. The molecule has 0 aromatic heterocycles. The summed E-state index contributed by atoms with van der Waals surface area (Å²) in [6, 6.07) is 0. The van der Waals surface area contributed by atoms with Crippen molar-refractivity contribution in [1.29, 1.82) is 5.41 Å². The molecule has 258 valence electrons. The molecule has 0 radical (unpaired) electrons. The van der Waals surface area contributed by atoms with E-state index < -0.39 is 30.3 Å². The molecule has 1 aliphatic carbocycles. The molecule has 7 N–H and O–H groups in total. The van der Waals surface area contributed by atoms with Gasteiger partial charge in [-0.3, -0.25) is 9.59 Å². The van der Waals surface area contributed by atoms with Gasteiger partial charge in [0.2, 0.25) is 0 Å². The summed E-state index contributed by atoms with van der Waals surface area (Å²) < 4.78 is 11.0. The Balaban J connectivity index is 2.94. The molecule has 1 rings (SSSR count). The number of oxime groups is 1. The van der Waals surface area contributed by atoms with E-state index in [1.54, 1.807) is 13.0 Å². The van der Waals surface area contributed by atoms with E-state index in [0.29, 0.717) is 41.6 Å². The highest BCUT2D eigenvalue weighted by Crippen LogP contribution is 2.30. The SMILES string of the molecule is CO[C@@H](/C(=N/OCC(=O)NC/C(C=N)=C/N)[C@H](C)CC(C)C)[C@H](O)/C(C)=C/[C@@H](C)[C@H](O)C[C@@H](CC[C@H]1CC[C@H](O)CC1)OC=O. The molecule has 0 spiro atoms. The van der Waals surface area contributed by atoms with Crippen LogP contribution < -0.4 is 11.1 Å². The van der Waals surface area contributed by atoms with Crippen molar-refractivity contribution in [1.82, 2.24) is 5.32 Å². The Morgan fingerprint density at radius 3 is 2.36 bits per heavy atom. The molecule has 0 aromatic carbocycles. The van der Waals surface area contributed by atoms with E-state index in [2.05, 4.69) is 24.3 Å². The largest absolute Gasteiger partial charge is 0.464 e. The van der Waals surface area contributed by atoms with Gasteiger partial charge in [-0.15, -0.1) is 0 Å². The first-order valence-corrected chi connectivity index (χ1v) is 16.1. The van der Waals surface area contributed by atoms with Gasteiger partial charge in [0.05, 0.1) is 17.9 Å². The molecule has 1 amide bonds. The fourth-order valence-electron chi connectivity index (χ4n) is 5.76. The van der Waals surface area contributed by atoms with Crippen molar-refractivity contribution in [3.8, 4) is 0 Å². The lowest BCUT2D eigenvalue weighted by molar-refractivity contribution is -0.135. The number of hydrogen-bond donors (Lipinski definition) is 6. The molecule has 0 unspecified atom stereocenters. The number of nitrogens with two attached hydrogens (primary N) is 1. The van der Waals surface area contributed by atoms with Crippen LogP contribution in [0.2, 0.25) is 0 Å². The Morgan fingerprint density at radius 1 is 1.13 bits per heavy atom. The Kier molecular flexibility index (Phi) is 19.5. The molecular formula is C33H58N4O8. The number of methoxy groups -OCH3 is 1. The molecule has 0 aromatic rings. The van der Waals surface area contributed by atoms with E-state index in [4.69, 9.17) is 25.5 Å². The molecule has 12 heteroatoms. The van der Waals surface area contributed by atoms with Crippen molar-refractivity contribution in [3.05, 3.63) is 23.4 Å². The van der Waals surface area contributed by atoms with Crippen LogP contribution in [0.5, 0.6) is 0 Å². The summed E-state index contributed by atoms with van der Waals surface area (Å²) in [5, 5.41) is 46.2. The molecule has 0 bridgehead atoms. The number of carbonyl (C=O) groups excluding carboxylic acids is 2. The average Bonchev–Trinajstić information content (AvgIpc) is 3.00. The summed E-state index contributed by atoms with van der Waals surface area (Å²) in [7, 11) is 1.47. The summed E-state index contributed by atoms with van der Waals surface area (Å²) in [4.78, 5) is 28.8. The van der Waals surface area contributed by atoms with Crippen molar-refractivity contribution >= 4 is 24.3 Å². The van der Waals surface area contributed by atoms with Gasteiger partial charge >= 0.3 is 0 Å². The van der Waals surface area contributed by atoms with Crippen LogP contribution in [0.3, 0.4) is 0 Å². The van der Waals surface area contributed by atoms with Crippen molar-refractivity contribution in [2.24, 2.45) is 34.6 Å². The third-order valence-electron chi connectivity index (χ3n) is 8.48. The first-order chi connectivity index (χ1) is 21.4. The van der Waals surface area contributed by atoms with Crippen LogP contribution in [0.4, 0.5) is 0 Å². The number of nitrogens with zero attached hydrogens (tertiary/aromatic N) is 1. The summed E-state index contributed by atoms with van der Waals surface area (Å²) >= 11 is 0. The molecule has 6 atom stereocenters. The number of aliphatic hydroxyl groups excluding tert-OH is 3. The fourth-order valence-corrected chi connectivity index (χ4v) is 5.76. The molecule has 45 heavy (non-hydrogen) atoms. The second kappa shape index (κ2) is 21.9. The van der Waals surface area contributed by atoms with E-state index in [1.807, 2.05) is 13.8 Å². The first-order valence-electron chi connectivity index (χ1n) is 16.1. The van der Waals surface area contributed by atoms with Crippen molar-refractivity contribution in [2.45, 2.75) is 117 Å². The smallest absolute Gasteiger partial charge is 0.293 e. The highest BCUT2D eigenvalue weighted by atomic mass is 16.6. The highest BCUT2D eigenvalue weighted by Gasteiger charge is 2.32. The summed E-state index contributed by atoms with van der Waals surface area (Å²) in [5.41, 5.74) is 6.86. The van der Waals surface area contributed by atoms with Gasteiger partial charge in [-0.1, -0.05) is 38.9 Å². The maximum atomic E-state index is 12.2. The predicted octanol–water partition coefficient (Wildman–Crippen LogP) is 3.23. The van der Waals surface area contributed by atoms with Crippen LogP contribution in [-0.2, 0) is 23.9 Å². The Hall–Kier alpha value is -2.80. The van der Waals surface area contributed by atoms with Gasteiger partial charge in [0.1, 0.15) is 18.3 Å². The molecule has 1 fully saturated rings. The van der Waals surface area contributed by atoms with E-state index >= 15 is 0 Å². The van der Waals surface area contributed by atoms with Gasteiger partial charge in [-0.05, 0) is 69.3 Å². The third-order valence-corrected chi connectivity index (χ3v) is 8.48. The van der Waals surface area contributed by atoms with Gasteiger partial charge in [0.25, 0.3) is 12.4 Å². The Morgan fingerprint density at radius 2 is 1.80 bits per heavy atom. The van der Waals surface area contributed by atoms with Gasteiger partial charge in [0.15, 0.2) is 6.61 Å². The standard InChI is InChI=1S/C33H58N4O8/c1-21(2)13-23(4)31(37-45-19-30(41)36-18-26(16-34)17-35)33(43-6)32(42)24(5)14-22(3)29(40)15-28(44-20-38)12-9-25-7-10-27(39)11-8-25/h14,16-17,20-23,25,27-29,32-34,39-40,42H,7-13,15,18-19,35H2,1-6H3,(H,36,41)/b24-14+,26-17+,34-16?,37-31+/t22-,23-,25-,27-,28-,29-,32-,33+/m1/s1. The van der Waals surface area contributed by atoms with Gasteiger partial charge in [0, 0.05) is 49.9 Å². The minimum atomic E-state index is -1.11. The van der Waals surface area contributed by atoms with Crippen LogP contribution in [0, 0.1) is 29.1 Å². The highest BCUT2D eigenvalue weighted by molar-refractivity contribution is 5.91. The van der Waals surface area contributed by atoms with Crippen LogP contribution in [-0.4, -0.2) is 90.4 Å². The van der Waals surface area contributed by atoms with Gasteiger partial charge in [-0.2, -0.15) is 0 Å². The van der Waals surface area contributed by atoms with Crippen LogP contribution in [0.15, 0.2) is 28.6 Å². The number of hydrogen-bond acceptors (Lipinski definition) is 11. The van der Waals surface area contributed by atoms with Crippen LogP contribution >= 0.6 is 0 Å². The normalized spacial score (nSPS) is 22.1. The first kappa shape index (κ1) is 40.2. The zero-order valence-corrected chi connectivity index (χ0v) is 28.0. The number of nitrogens with one attached hydrogen (secondary N) is 2. The lowest BCUT2D eigenvalue weighted by Gasteiger charge is -2.29. The molecule has 12 nitrogen and oxygen atoms in total. The molecule has 0 heterocycles. The lowest BCUT2D eigenvalue weighted by atomic mass is 9.83. The fraction of sp³-hybridized carbons (Fsp3) is 0.758. The quantitative estimate of drug-likeness (QED) is 0.0446. The number of carbonyl (C=O) groups is 2. The third kappa shape index (κ3) is 15.4. The monoisotopic (exact) mass is 638 g/mol. The summed E-state index contributed by atoms with van der Waals surface area (Å²) in [6.45, 7) is 9.83.